The molecule has 0 aromatic carbocycles. The van der Waals surface area contributed by atoms with Crippen LogP contribution in [0.25, 0.3) is 0 Å². The van der Waals surface area contributed by atoms with Gasteiger partial charge in [-0.15, -0.1) is 0 Å². The second kappa shape index (κ2) is 2.85. The fraction of sp³-hybridized carbons (Fsp3) is 0.500. The van der Waals surface area contributed by atoms with Crippen LogP contribution >= 0.6 is 0 Å². The molecule has 0 bridgehead atoms. The number of rotatable bonds is 1. The summed E-state index contributed by atoms with van der Waals surface area (Å²) in [5.74, 6) is 0.105. The predicted molar refractivity (Wildman–Crippen MR) is 45.2 cm³/mol. The summed E-state index contributed by atoms with van der Waals surface area (Å²) in [6.45, 7) is 2.93. The fourth-order valence-electron chi connectivity index (χ4n) is 1.53. The number of fused-ring (bicyclic) bond motifs is 1. The van der Waals surface area contributed by atoms with E-state index in [0.717, 1.165) is 11.5 Å². The first-order valence-corrected chi connectivity index (χ1v) is 4.15. The van der Waals surface area contributed by atoms with E-state index >= 15 is 0 Å². The lowest BCUT2D eigenvalue weighted by Crippen LogP contribution is -2.44. The molecule has 1 aliphatic rings. The third-order valence-corrected chi connectivity index (χ3v) is 2.31. The molecule has 70 valence electrons. The molecule has 1 aromatic heterocycles. The Hall–Kier alpha value is -1.36. The number of hydrogen-bond donors (Lipinski definition) is 2. The summed E-state index contributed by atoms with van der Waals surface area (Å²) >= 11 is 0. The quantitative estimate of drug-likeness (QED) is 0.626. The molecule has 1 atom stereocenters. The van der Waals surface area contributed by atoms with Crippen LogP contribution in [0.4, 0.5) is 0 Å². The van der Waals surface area contributed by atoms with Crippen molar-refractivity contribution in [2.45, 2.75) is 26.1 Å². The lowest BCUT2D eigenvalue weighted by atomic mass is 10.2. The molecule has 13 heavy (non-hydrogen) atoms. The van der Waals surface area contributed by atoms with Gasteiger partial charge in [-0.2, -0.15) is 0 Å². The third-order valence-electron chi connectivity index (χ3n) is 2.31. The standard InChI is InChI=1S/C8H11N3O2/c1-5-2-10-7-3-9-6(8(12)13)4-11(5)7/h2,6,9H,3-4H2,1H3,(H,12,13)/t6-/m0/s1. The molecule has 0 saturated carbocycles. The molecule has 0 saturated heterocycles. The SMILES string of the molecule is Cc1cnc2n1C[C@@H](C(=O)O)NC2. The minimum atomic E-state index is -0.807. The first kappa shape index (κ1) is 8.25. The number of carboxylic acids is 1. The number of aliphatic carboxylic acids is 1. The second-order valence-corrected chi connectivity index (χ2v) is 3.20. The Balaban J connectivity index is 2.27. The number of aryl methyl sites for hydroxylation is 1. The first-order chi connectivity index (χ1) is 6.18. The maximum atomic E-state index is 10.7. The predicted octanol–water partition coefficient (Wildman–Crippen LogP) is -0.252. The number of nitrogens with one attached hydrogen (secondary N) is 1. The van der Waals surface area contributed by atoms with Gasteiger partial charge in [-0.05, 0) is 6.92 Å². The van der Waals surface area contributed by atoms with Gasteiger partial charge >= 0.3 is 5.97 Å². The number of nitrogens with zero attached hydrogens (tertiary/aromatic N) is 2. The molecular weight excluding hydrogens is 170 g/mol. The van der Waals surface area contributed by atoms with Crippen molar-refractivity contribution < 1.29 is 9.90 Å². The lowest BCUT2D eigenvalue weighted by Gasteiger charge is -2.22. The summed E-state index contributed by atoms with van der Waals surface area (Å²) < 4.78 is 1.94. The number of imidazole rings is 1. The average Bonchev–Trinajstić information content (AvgIpc) is 2.47. The Morgan fingerprint density at radius 2 is 2.62 bits per heavy atom. The number of aromatic nitrogens is 2. The van der Waals surface area contributed by atoms with Crippen LogP contribution < -0.4 is 5.32 Å². The first-order valence-electron chi connectivity index (χ1n) is 4.15. The number of hydrogen-bond acceptors (Lipinski definition) is 3. The number of carboxylic acid groups (broad SMARTS) is 1. The molecule has 2 N–H and O–H groups in total. The van der Waals surface area contributed by atoms with Crippen LogP contribution in [0.3, 0.4) is 0 Å². The van der Waals surface area contributed by atoms with Gasteiger partial charge in [0.2, 0.25) is 0 Å². The average molecular weight is 181 g/mol. The molecule has 0 amide bonds. The van der Waals surface area contributed by atoms with Crippen molar-refractivity contribution in [3.05, 3.63) is 17.7 Å². The van der Waals surface area contributed by atoms with Gasteiger partial charge < -0.3 is 9.67 Å². The molecule has 0 fully saturated rings. The van der Waals surface area contributed by atoms with Gasteiger partial charge in [-0.3, -0.25) is 10.1 Å². The van der Waals surface area contributed by atoms with E-state index in [1.165, 1.54) is 0 Å². The zero-order chi connectivity index (χ0) is 9.42. The summed E-state index contributed by atoms with van der Waals surface area (Å²) in [5.41, 5.74) is 1.02. The van der Waals surface area contributed by atoms with Crippen LogP contribution in [0.2, 0.25) is 0 Å². The van der Waals surface area contributed by atoms with Crippen molar-refractivity contribution in [2.75, 3.05) is 0 Å². The Morgan fingerprint density at radius 1 is 1.85 bits per heavy atom. The van der Waals surface area contributed by atoms with Crippen LogP contribution in [0.5, 0.6) is 0 Å². The fourth-order valence-corrected chi connectivity index (χ4v) is 1.53. The summed E-state index contributed by atoms with van der Waals surface area (Å²) in [7, 11) is 0. The maximum absolute atomic E-state index is 10.7. The van der Waals surface area contributed by atoms with Crippen molar-refractivity contribution >= 4 is 5.97 Å². The molecule has 1 aliphatic heterocycles. The van der Waals surface area contributed by atoms with Gasteiger partial charge in [0.1, 0.15) is 11.9 Å². The van der Waals surface area contributed by atoms with E-state index < -0.39 is 12.0 Å². The van der Waals surface area contributed by atoms with Gasteiger partial charge in [0, 0.05) is 11.9 Å². The minimum Gasteiger partial charge on any atom is -0.480 e. The van der Waals surface area contributed by atoms with Gasteiger partial charge in [0.05, 0.1) is 13.1 Å². The highest BCUT2D eigenvalue weighted by atomic mass is 16.4. The van der Waals surface area contributed by atoms with Crippen LogP contribution in [-0.2, 0) is 17.9 Å². The summed E-state index contributed by atoms with van der Waals surface area (Å²) in [6, 6.07) is -0.486. The summed E-state index contributed by atoms with van der Waals surface area (Å²) in [5, 5.41) is 11.7. The Bertz CT molecular complexity index is 345. The number of carbonyl (C=O) groups is 1. The van der Waals surface area contributed by atoms with Crippen molar-refractivity contribution in [3.63, 3.8) is 0 Å². The van der Waals surface area contributed by atoms with Crippen molar-refractivity contribution in [2.24, 2.45) is 0 Å². The monoisotopic (exact) mass is 181 g/mol. The van der Waals surface area contributed by atoms with Crippen molar-refractivity contribution in [1.82, 2.24) is 14.9 Å². The largest absolute Gasteiger partial charge is 0.480 e. The van der Waals surface area contributed by atoms with E-state index in [1.807, 2.05) is 11.5 Å². The zero-order valence-corrected chi connectivity index (χ0v) is 7.32. The maximum Gasteiger partial charge on any atom is 0.322 e. The Labute approximate surface area is 75.4 Å². The van der Waals surface area contributed by atoms with Crippen molar-refractivity contribution in [3.8, 4) is 0 Å². The summed E-state index contributed by atoms with van der Waals surface area (Å²) in [6.07, 6.45) is 1.77. The van der Waals surface area contributed by atoms with E-state index in [9.17, 15) is 4.79 Å². The molecule has 0 radical (unpaired) electrons. The molecule has 1 aromatic rings. The van der Waals surface area contributed by atoms with E-state index in [-0.39, 0.29) is 0 Å². The van der Waals surface area contributed by atoms with Crippen LogP contribution in [0.15, 0.2) is 6.20 Å². The smallest absolute Gasteiger partial charge is 0.322 e. The molecule has 5 nitrogen and oxygen atoms in total. The highest BCUT2D eigenvalue weighted by Gasteiger charge is 2.24. The zero-order valence-electron chi connectivity index (χ0n) is 7.32. The second-order valence-electron chi connectivity index (χ2n) is 3.20. The normalized spacial score (nSPS) is 21.2. The van der Waals surface area contributed by atoms with Gasteiger partial charge in [0.15, 0.2) is 0 Å². The lowest BCUT2D eigenvalue weighted by molar-refractivity contribution is -0.140. The van der Waals surface area contributed by atoms with Crippen LogP contribution in [0, 0.1) is 6.92 Å². The third kappa shape index (κ3) is 1.31. The molecule has 0 unspecified atom stereocenters. The van der Waals surface area contributed by atoms with Crippen molar-refractivity contribution in [1.29, 1.82) is 0 Å². The van der Waals surface area contributed by atoms with Gasteiger partial charge in [0.25, 0.3) is 0 Å². The van der Waals surface area contributed by atoms with Gasteiger partial charge in [-0.1, -0.05) is 0 Å². The van der Waals surface area contributed by atoms with Crippen LogP contribution in [-0.4, -0.2) is 26.7 Å². The molecule has 2 rings (SSSR count). The minimum absolute atomic E-state index is 0.469. The van der Waals surface area contributed by atoms with Crippen LogP contribution in [0.1, 0.15) is 11.5 Å². The highest BCUT2D eigenvalue weighted by molar-refractivity contribution is 5.73. The van der Waals surface area contributed by atoms with E-state index in [0.29, 0.717) is 13.1 Å². The molecule has 5 heteroatoms. The summed E-state index contributed by atoms with van der Waals surface area (Å²) in [4.78, 5) is 14.9. The topological polar surface area (TPSA) is 67.2 Å². The van der Waals surface area contributed by atoms with E-state index in [1.54, 1.807) is 6.20 Å². The van der Waals surface area contributed by atoms with E-state index in [4.69, 9.17) is 5.11 Å². The Morgan fingerprint density at radius 3 is 3.31 bits per heavy atom. The molecule has 0 aliphatic carbocycles. The highest BCUT2D eigenvalue weighted by Crippen LogP contribution is 2.10. The van der Waals surface area contributed by atoms with E-state index in [2.05, 4.69) is 10.3 Å². The molecule has 0 spiro atoms. The Kier molecular flexibility index (Phi) is 1.81. The molecular formula is C8H11N3O2. The van der Waals surface area contributed by atoms with Gasteiger partial charge in [-0.25, -0.2) is 4.98 Å². The molecule has 2 heterocycles.